The largest absolute Gasteiger partial charge is 0.478 e. The van der Waals surface area contributed by atoms with E-state index in [2.05, 4.69) is 0 Å². The van der Waals surface area contributed by atoms with Crippen molar-refractivity contribution in [2.24, 2.45) is 0 Å². The van der Waals surface area contributed by atoms with Crippen LogP contribution in [0.2, 0.25) is 10.0 Å². The first kappa shape index (κ1) is 22.4. The number of aliphatic carboxylic acids is 1. The Morgan fingerprint density at radius 3 is 2.37 bits per heavy atom. The normalized spacial score (nSPS) is 14.5. The minimum Gasteiger partial charge on any atom is -0.478 e. The number of halogens is 2. The molecule has 0 unspecified atom stereocenters. The zero-order valence-electron chi connectivity index (χ0n) is 15.9. The zero-order chi connectivity index (χ0) is 21.5. The third-order valence-corrected chi connectivity index (χ3v) is 6.51. The van der Waals surface area contributed by atoms with Crippen molar-refractivity contribution in [3.63, 3.8) is 0 Å². The number of carbonyl (C=O) groups excluding carboxylic acids is 1. The van der Waals surface area contributed by atoms with Crippen molar-refractivity contribution in [3.8, 4) is 0 Å². The molecule has 0 atom stereocenters. The van der Waals surface area contributed by atoms with E-state index < -0.39 is 5.97 Å². The minimum absolute atomic E-state index is 0.0944. The highest BCUT2D eigenvalue weighted by atomic mass is 35.5. The monoisotopic (exact) mass is 463 g/mol. The fraction of sp³-hybridized carbons (Fsp3) is 0.182. The molecule has 1 aliphatic heterocycles. The summed E-state index contributed by atoms with van der Waals surface area (Å²) in [5, 5.41) is 9.60. The van der Waals surface area contributed by atoms with Crippen LogP contribution in [0.1, 0.15) is 11.1 Å². The highest BCUT2D eigenvalue weighted by Crippen LogP contribution is 2.40. The van der Waals surface area contributed by atoms with Gasteiger partial charge in [0.05, 0.1) is 23.3 Å². The molecule has 5 nitrogen and oxygen atoms in total. The van der Waals surface area contributed by atoms with Crippen molar-refractivity contribution in [1.29, 1.82) is 0 Å². The van der Waals surface area contributed by atoms with E-state index in [-0.39, 0.29) is 5.91 Å². The van der Waals surface area contributed by atoms with Crippen molar-refractivity contribution in [1.82, 2.24) is 4.90 Å². The summed E-state index contributed by atoms with van der Waals surface area (Å²) in [7, 11) is 0. The Hall–Kier alpha value is -2.25. The number of nitrogens with zero attached hydrogens (tertiary/aromatic N) is 1. The number of carbonyl (C=O) groups is 2. The SMILES string of the molecule is O=C(O)/C=C/c1ccccc1Sc1ccc(/C=C/C(=O)N2CCOCC2)c(Cl)c1Cl. The van der Waals surface area contributed by atoms with Crippen molar-refractivity contribution in [2.75, 3.05) is 26.3 Å². The van der Waals surface area contributed by atoms with Crippen LogP contribution in [-0.4, -0.2) is 48.2 Å². The highest BCUT2D eigenvalue weighted by Gasteiger charge is 2.15. The standard InChI is InChI=1S/C22H19Cl2NO4S/c23-21-16(6-9-19(26)25-11-13-29-14-12-25)5-8-18(22(21)24)30-17-4-2-1-3-15(17)7-10-20(27)28/h1-10H,11-14H2,(H,27,28)/b9-6+,10-7+. The van der Waals surface area contributed by atoms with Crippen LogP contribution >= 0.6 is 35.0 Å². The number of ether oxygens (including phenoxy) is 1. The van der Waals surface area contributed by atoms with Gasteiger partial charge in [-0.1, -0.05) is 59.2 Å². The van der Waals surface area contributed by atoms with Crippen LogP contribution in [0.4, 0.5) is 0 Å². The Labute approximate surface area is 188 Å². The zero-order valence-corrected chi connectivity index (χ0v) is 18.2. The number of carboxylic acid groups (broad SMARTS) is 1. The first-order valence-electron chi connectivity index (χ1n) is 9.16. The van der Waals surface area contributed by atoms with Crippen LogP contribution in [0.5, 0.6) is 0 Å². The molecule has 1 N–H and O–H groups in total. The lowest BCUT2D eigenvalue weighted by molar-refractivity contribution is -0.131. The Bertz CT molecular complexity index is 1000. The van der Waals surface area contributed by atoms with Gasteiger partial charge in [-0.2, -0.15) is 0 Å². The van der Waals surface area contributed by atoms with Gasteiger partial charge in [0.2, 0.25) is 5.91 Å². The molecule has 0 saturated carbocycles. The molecule has 1 fully saturated rings. The summed E-state index contributed by atoms with van der Waals surface area (Å²) in [5.41, 5.74) is 1.41. The van der Waals surface area contributed by atoms with Gasteiger partial charge in [0, 0.05) is 35.0 Å². The smallest absolute Gasteiger partial charge is 0.328 e. The number of amides is 1. The number of carboxylic acids is 1. The quantitative estimate of drug-likeness (QED) is 0.602. The van der Waals surface area contributed by atoms with E-state index in [4.69, 9.17) is 33.0 Å². The average Bonchev–Trinajstić information content (AvgIpc) is 2.76. The number of benzene rings is 2. The summed E-state index contributed by atoms with van der Waals surface area (Å²) >= 11 is 14.3. The third kappa shape index (κ3) is 5.89. The summed E-state index contributed by atoms with van der Waals surface area (Å²) in [4.78, 5) is 26.4. The van der Waals surface area contributed by atoms with E-state index in [1.165, 1.54) is 23.9 Å². The number of hydrogen-bond donors (Lipinski definition) is 1. The Morgan fingerprint density at radius 1 is 0.933 bits per heavy atom. The maximum Gasteiger partial charge on any atom is 0.328 e. The van der Waals surface area contributed by atoms with Gasteiger partial charge in [0.15, 0.2) is 0 Å². The molecule has 0 bridgehead atoms. The molecule has 2 aromatic rings. The molecule has 8 heteroatoms. The van der Waals surface area contributed by atoms with E-state index >= 15 is 0 Å². The lowest BCUT2D eigenvalue weighted by Crippen LogP contribution is -2.39. The lowest BCUT2D eigenvalue weighted by Gasteiger charge is -2.25. The summed E-state index contributed by atoms with van der Waals surface area (Å²) < 4.78 is 5.25. The maximum absolute atomic E-state index is 12.3. The minimum atomic E-state index is -1.02. The number of rotatable bonds is 6. The predicted molar refractivity (Wildman–Crippen MR) is 120 cm³/mol. The maximum atomic E-state index is 12.3. The third-order valence-electron chi connectivity index (χ3n) is 4.35. The van der Waals surface area contributed by atoms with Gasteiger partial charge in [-0.25, -0.2) is 4.79 Å². The molecule has 0 aliphatic carbocycles. The Balaban J connectivity index is 1.78. The van der Waals surface area contributed by atoms with Crippen LogP contribution in [-0.2, 0) is 14.3 Å². The summed E-state index contributed by atoms with van der Waals surface area (Å²) in [6.45, 7) is 2.23. The predicted octanol–water partition coefficient (Wildman–Crippen LogP) is 5.11. The van der Waals surface area contributed by atoms with Crippen molar-refractivity contribution in [2.45, 2.75) is 9.79 Å². The molecule has 0 spiro atoms. The molecular formula is C22H19Cl2NO4S. The van der Waals surface area contributed by atoms with Gasteiger partial charge in [-0.3, -0.25) is 4.79 Å². The summed E-state index contributed by atoms with van der Waals surface area (Å²) in [6.07, 6.45) is 5.77. The van der Waals surface area contributed by atoms with E-state index in [0.717, 1.165) is 21.4 Å². The van der Waals surface area contributed by atoms with Gasteiger partial charge in [-0.15, -0.1) is 0 Å². The van der Waals surface area contributed by atoms with Crippen LogP contribution < -0.4 is 0 Å². The average molecular weight is 464 g/mol. The molecule has 3 rings (SSSR count). The molecule has 156 valence electrons. The fourth-order valence-corrected chi connectivity index (χ4v) is 4.33. The number of morpholine rings is 1. The number of hydrogen-bond acceptors (Lipinski definition) is 4. The van der Waals surface area contributed by atoms with E-state index in [9.17, 15) is 9.59 Å². The molecule has 30 heavy (non-hydrogen) atoms. The van der Waals surface area contributed by atoms with Crippen LogP contribution in [0.15, 0.2) is 58.3 Å². The molecule has 1 aliphatic rings. The van der Waals surface area contributed by atoms with E-state index in [0.29, 0.717) is 41.9 Å². The van der Waals surface area contributed by atoms with Crippen LogP contribution in [0, 0.1) is 0 Å². The second kappa shape index (κ2) is 10.7. The molecule has 1 saturated heterocycles. The highest BCUT2D eigenvalue weighted by molar-refractivity contribution is 7.99. The van der Waals surface area contributed by atoms with Gasteiger partial charge < -0.3 is 14.7 Å². The summed E-state index contributed by atoms with van der Waals surface area (Å²) in [5.74, 6) is -1.11. The fourth-order valence-electron chi connectivity index (χ4n) is 2.80. The lowest BCUT2D eigenvalue weighted by atomic mass is 10.2. The van der Waals surface area contributed by atoms with Crippen LogP contribution in [0.25, 0.3) is 12.2 Å². The van der Waals surface area contributed by atoms with Gasteiger partial charge in [0.25, 0.3) is 0 Å². The first-order chi connectivity index (χ1) is 14.5. The van der Waals surface area contributed by atoms with Gasteiger partial charge in [0.1, 0.15) is 0 Å². The second-order valence-electron chi connectivity index (χ2n) is 6.36. The molecule has 1 heterocycles. The van der Waals surface area contributed by atoms with Crippen molar-refractivity contribution in [3.05, 3.63) is 69.7 Å². The Kier molecular flexibility index (Phi) is 7.99. The van der Waals surface area contributed by atoms with E-state index in [1.807, 2.05) is 30.3 Å². The van der Waals surface area contributed by atoms with Gasteiger partial charge >= 0.3 is 5.97 Å². The van der Waals surface area contributed by atoms with E-state index in [1.54, 1.807) is 17.0 Å². The molecule has 2 aromatic carbocycles. The summed E-state index contributed by atoms with van der Waals surface area (Å²) in [6, 6.07) is 11.0. The molecule has 1 amide bonds. The van der Waals surface area contributed by atoms with Crippen LogP contribution in [0.3, 0.4) is 0 Å². The van der Waals surface area contributed by atoms with Crippen molar-refractivity contribution >= 4 is 59.0 Å². The molecular weight excluding hydrogens is 445 g/mol. The Morgan fingerprint density at radius 2 is 1.63 bits per heavy atom. The molecule has 0 radical (unpaired) electrons. The molecule has 0 aromatic heterocycles. The van der Waals surface area contributed by atoms with Gasteiger partial charge in [-0.05, 0) is 35.4 Å². The second-order valence-corrected chi connectivity index (χ2v) is 8.20. The van der Waals surface area contributed by atoms with Crippen molar-refractivity contribution < 1.29 is 19.4 Å². The topological polar surface area (TPSA) is 66.8 Å². The first-order valence-corrected chi connectivity index (χ1v) is 10.7.